The number of fused-ring (bicyclic) bond motifs is 5. The van der Waals surface area contributed by atoms with E-state index in [4.69, 9.17) is 4.98 Å². The van der Waals surface area contributed by atoms with Crippen LogP contribution in [0.2, 0.25) is 0 Å². The van der Waals surface area contributed by atoms with Gasteiger partial charge in [-0.1, -0.05) is 74.0 Å². The van der Waals surface area contributed by atoms with E-state index in [9.17, 15) is 0 Å². The summed E-state index contributed by atoms with van der Waals surface area (Å²) in [7, 11) is 0. The van der Waals surface area contributed by atoms with Crippen molar-refractivity contribution in [3.05, 3.63) is 77.4 Å². The Bertz CT molecular complexity index is 1120. The van der Waals surface area contributed by atoms with Gasteiger partial charge in [0.15, 0.2) is 0 Å². The van der Waals surface area contributed by atoms with Crippen LogP contribution < -0.4 is 0 Å². The fourth-order valence-electron chi connectivity index (χ4n) is 4.04. The van der Waals surface area contributed by atoms with Crippen LogP contribution in [0.25, 0.3) is 31.9 Å². The van der Waals surface area contributed by atoms with Gasteiger partial charge in [-0.25, -0.2) is 4.98 Å². The van der Waals surface area contributed by atoms with Gasteiger partial charge in [0.1, 0.15) is 5.01 Å². The summed E-state index contributed by atoms with van der Waals surface area (Å²) < 4.78 is 1.31. The second kappa shape index (κ2) is 5.03. The Morgan fingerprint density at radius 3 is 2.44 bits per heavy atom. The van der Waals surface area contributed by atoms with E-state index in [0.29, 0.717) is 0 Å². The third-order valence-electron chi connectivity index (χ3n) is 5.37. The zero-order valence-electron chi connectivity index (χ0n) is 14.6. The predicted octanol–water partition coefficient (Wildman–Crippen LogP) is 6.58. The predicted molar refractivity (Wildman–Crippen MR) is 107 cm³/mol. The number of aryl methyl sites for hydroxylation is 1. The number of hydrogen-bond donors (Lipinski definition) is 0. The zero-order valence-corrected chi connectivity index (χ0v) is 15.4. The minimum absolute atomic E-state index is 0.0451. The van der Waals surface area contributed by atoms with Crippen molar-refractivity contribution in [1.82, 2.24) is 4.98 Å². The smallest absolute Gasteiger partial charge is 0.124 e. The molecule has 0 saturated heterocycles. The molecule has 2 heteroatoms. The minimum atomic E-state index is 0.0451. The van der Waals surface area contributed by atoms with Crippen LogP contribution in [0.4, 0.5) is 0 Å². The van der Waals surface area contributed by atoms with Crippen molar-refractivity contribution >= 4 is 21.6 Å². The molecule has 0 bridgehead atoms. The number of rotatable bonds is 1. The van der Waals surface area contributed by atoms with E-state index in [1.807, 2.05) is 11.3 Å². The van der Waals surface area contributed by atoms with Gasteiger partial charge in [-0.3, -0.25) is 0 Å². The summed E-state index contributed by atoms with van der Waals surface area (Å²) in [4.78, 5) is 4.92. The highest BCUT2D eigenvalue weighted by Crippen LogP contribution is 2.52. The lowest BCUT2D eigenvalue weighted by atomic mass is 9.82. The summed E-state index contributed by atoms with van der Waals surface area (Å²) in [5.74, 6) is 0. The van der Waals surface area contributed by atoms with Gasteiger partial charge in [0.25, 0.3) is 0 Å². The molecular weight excluding hydrogens is 322 g/mol. The van der Waals surface area contributed by atoms with Gasteiger partial charge in [0.05, 0.1) is 10.2 Å². The van der Waals surface area contributed by atoms with Crippen molar-refractivity contribution in [3.8, 4) is 21.7 Å². The largest absolute Gasteiger partial charge is 0.236 e. The number of thiazole rings is 1. The summed E-state index contributed by atoms with van der Waals surface area (Å²) in [6, 6.07) is 21.8. The Morgan fingerprint density at radius 1 is 0.880 bits per heavy atom. The van der Waals surface area contributed by atoms with Gasteiger partial charge in [-0.2, -0.15) is 0 Å². The lowest BCUT2D eigenvalue weighted by Crippen LogP contribution is -2.14. The average molecular weight is 341 g/mol. The fourth-order valence-corrected chi connectivity index (χ4v) is 5.17. The number of hydrogen-bond acceptors (Lipinski definition) is 2. The molecule has 0 fully saturated rings. The van der Waals surface area contributed by atoms with Crippen molar-refractivity contribution in [2.75, 3.05) is 0 Å². The quantitative estimate of drug-likeness (QED) is 0.381. The average Bonchev–Trinajstić information content (AvgIpc) is 3.13. The molecular formula is C23H19NS. The summed E-state index contributed by atoms with van der Waals surface area (Å²) >= 11 is 1.81. The SMILES string of the molecule is Cc1ccc2c(c1)-c1c(ccc3nc(-c4ccccc4)sc13)C2(C)C. The highest BCUT2D eigenvalue weighted by molar-refractivity contribution is 7.22. The van der Waals surface area contributed by atoms with Gasteiger partial charge in [-0.15, -0.1) is 11.3 Å². The van der Waals surface area contributed by atoms with Crippen LogP contribution in [0.1, 0.15) is 30.5 Å². The third-order valence-corrected chi connectivity index (χ3v) is 6.51. The summed E-state index contributed by atoms with van der Waals surface area (Å²) in [6.07, 6.45) is 0. The van der Waals surface area contributed by atoms with Gasteiger partial charge >= 0.3 is 0 Å². The maximum absolute atomic E-state index is 4.92. The first-order valence-electron chi connectivity index (χ1n) is 8.66. The number of nitrogens with zero attached hydrogens (tertiary/aromatic N) is 1. The molecule has 5 rings (SSSR count). The van der Waals surface area contributed by atoms with Crippen LogP contribution in [0.3, 0.4) is 0 Å². The summed E-state index contributed by atoms with van der Waals surface area (Å²) in [5, 5.41) is 1.10. The van der Waals surface area contributed by atoms with E-state index in [1.165, 1.54) is 38.1 Å². The van der Waals surface area contributed by atoms with E-state index in [1.54, 1.807) is 0 Å². The molecule has 0 N–H and O–H groups in total. The Hall–Kier alpha value is -2.45. The van der Waals surface area contributed by atoms with Gasteiger partial charge < -0.3 is 0 Å². The van der Waals surface area contributed by atoms with Crippen molar-refractivity contribution < 1.29 is 0 Å². The van der Waals surface area contributed by atoms with Crippen LogP contribution in [-0.4, -0.2) is 4.98 Å². The summed E-state index contributed by atoms with van der Waals surface area (Å²) in [5.41, 5.74) is 9.27. The first kappa shape index (κ1) is 14.9. The highest BCUT2D eigenvalue weighted by Gasteiger charge is 2.37. The molecule has 4 aromatic rings. The van der Waals surface area contributed by atoms with E-state index in [2.05, 4.69) is 81.4 Å². The molecule has 0 unspecified atom stereocenters. The third kappa shape index (κ3) is 2.04. The summed E-state index contributed by atoms with van der Waals surface area (Å²) in [6.45, 7) is 6.84. The highest BCUT2D eigenvalue weighted by atomic mass is 32.1. The molecule has 122 valence electrons. The Morgan fingerprint density at radius 2 is 1.64 bits per heavy atom. The molecule has 1 heterocycles. The van der Waals surface area contributed by atoms with Crippen LogP contribution in [-0.2, 0) is 5.41 Å². The standard InChI is InChI=1S/C23H19NS/c1-14-9-10-17-16(13-14)20-18(23(17,2)3)11-12-19-21(20)25-22(24-19)15-7-5-4-6-8-15/h4-13H,1-3H3. The van der Waals surface area contributed by atoms with Gasteiger partial charge in [-0.05, 0) is 29.7 Å². The van der Waals surface area contributed by atoms with E-state index >= 15 is 0 Å². The molecule has 1 aromatic heterocycles. The first-order valence-corrected chi connectivity index (χ1v) is 9.48. The van der Waals surface area contributed by atoms with Gasteiger partial charge in [0, 0.05) is 16.5 Å². The molecule has 0 aliphatic heterocycles. The Labute approximate surface area is 152 Å². The molecule has 1 aliphatic carbocycles. The molecule has 0 radical (unpaired) electrons. The Kier molecular flexibility index (Phi) is 2.99. The van der Waals surface area contributed by atoms with Crippen molar-refractivity contribution in [3.63, 3.8) is 0 Å². The molecule has 3 aromatic carbocycles. The van der Waals surface area contributed by atoms with Crippen LogP contribution >= 0.6 is 11.3 Å². The maximum Gasteiger partial charge on any atom is 0.124 e. The first-order chi connectivity index (χ1) is 12.1. The second-order valence-electron chi connectivity index (χ2n) is 7.40. The number of benzene rings is 3. The van der Waals surface area contributed by atoms with Gasteiger partial charge in [0.2, 0.25) is 0 Å². The molecule has 0 saturated carbocycles. The van der Waals surface area contributed by atoms with Crippen molar-refractivity contribution in [1.29, 1.82) is 0 Å². The van der Waals surface area contributed by atoms with Crippen LogP contribution in [0, 0.1) is 6.92 Å². The Balaban J connectivity index is 1.84. The molecule has 0 atom stereocenters. The monoisotopic (exact) mass is 341 g/mol. The van der Waals surface area contributed by atoms with Crippen molar-refractivity contribution in [2.24, 2.45) is 0 Å². The van der Waals surface area contributed by atoms with Crippen LogP contribution in [0.15, 0.2) is 60.7 Å². The van der Waals surface area contributed by atoms with Crippen LogP contribution in [0.5, 0.6) is 0 Å². The molecule has 1 nitrogen and oxygen atoms in total. The number of aromatic nitrogens is 1. The second-order valence-corrected chi connectivity index (χ2v) is 8.39. The lowest BCUT2D eigenvalue weighted by molar-refractivity contribution is 0.661. The molecule has 1 aliphatic rings. The fraction of sp³-hybridized carbons (Fsp3) is 0.174. The van der Waals surface area contributed by atoms with Crippen molar-refractivity contribution in [2.45, 2.75) is 26.2 Å². The van der Waals surface area contributed by atoms with E-state index in [-0.39, 0.29) is 5.41 Å². The lowest BCUT2D eigenvalue weighted by Gasteiger charge is -2.21. The molecule has 0 spiro atoms. The topological polar surface area (TPSA) is 12.9 Å². The minimum Gasteiger partial charge on any atom is -0.236 e. The van der Waals surface area contributed by atoms with E-state index < -0.39 is 0 Å². The zero-order chi connectivity index (χ0) is 17.2. The van der Waals surface area contributed by atoms with E-state index in [0.717, 1.165) is 10.5 Å². The molecule has 0 amide bonds. The molecule has 25 heavy (non-hydrogen) atoms. The normalized spacial score (nSPS) is 14.5. The maximum atomic E-state index is 4.92.